The van der Waals surface area contributed by atoms with Crippen LogP contribution in [0.4, 0.5) is 0 Å². The Balaban J connectivity index is 1.90. The quantitative estimate of drug-likeness (QED) is 0.791. The van der Waals surface area contributed by atoms with Crippen molar-refractivity contribution in [3.63, 3.8) is 0 Å². The van der Waals surface area contributed by atoms with Gasteiger partial charge >= 0.3 is 0 Å². The molecule has 4 heteroatoms. The molecule has 3 rings (SSSR count). The van der Waals surface area contributed by atoms with E-state index in [1.807, 2.05) is 54.3 Å². The second kappa shape index (κ2) is 5.27. The van der Waals surface area contributed by atoms with Crippen LogP contribution in [-0.4, -0.2) is 14.8 Å². The number of rotatable bonds is 3. The van der Waals surface area contributed by atoms with Crippen molar-refractivity contribution in [2.45, 2.75) is 13.0 Å². The Morgan fingerprint density at radius 3 is 2.45 bits per heavy atom. The number of pyridine rings is 1. The highest BCUT2D eigenvalue weighted by molar-refractivity contribution is 5.61. The fourth-order valence-electron chi connectivity index (χ4n) is 2.05. The number of nitrogens with two attached hydrogens (primary N) is 1. The summed E-state index contributed by atoms with van der Waals surface area (Å²) < 4.78 is 1.82. The maximum atomic E-state index is 5.80. The van der Waals surface area contributed by atoms with Crippen LogP contribution >= 0.6 is 0 Å². The van der Waals surface area contributed by atoms with Gasteiger partial charge in [0, 0.05) is 17.8 Å². The first-order valence-corrected chi connectivity index (χ1v) is 6.56. The molecule has 100 valence electrons. The minimum absolute atomic E-state index is 0.0541. The molecule has 0 bridgehead atoms. The van der Waals surface area contributed by atoms with E-state index in [0.717, 1.165) is 22.5 Å². The number of hydrogen-bond acceptors (Lipinski definition) is 3. The molecular weight excluding hydrogens is 248 g/mol. The predicted octanol–water partition coefficient (Wildman–Crippen LogP) is 2.95. The molecule has 3 aromatic rings. The van der Waals surface area contributed by atoms with Crippen molar-refractivity contribution in [3.05, 3.63) is 66.7 Å². The molecule has 1 aromatic carbocycles. The lowest BCUT2D eigenvalue weighted by atomic mass is 10.1. The Kier molecular flexibility index (Phi) is 3.31. The van der Waals surface area contributed by atoms with Crippen molar-refractivity contribution in [1.29, 1.82) is 0 Å². The highest BCUT2D eigenvalue weighted by atomic mass is 15.3. The summed E-state index contributed by atoms with van der Waals surface area (Å²) >= 11 is 0. The van der Waals surface area contributed by atoms with Crippen LogP contribution in [0.1, 0.15) is 18.7 Å². The van der Waals surface area contributed by atoms with E-state index in [2.05, 4.69) is 22.2 Å². The summed E-state index contributed by atoms with van der Waals surface area (Å²) in [6.07, 6.45) is 5.65. The zero-order valence-corrected chi connectivity index (χ0v) is 11.3. The van der Waals surface area contributed by atoms with E-state index in [1.165, 1.54) is 0 Å². The molecule has 0 fully saturated rings. The molecule has 0 saturated heterocycles. The van der Waals surface area contributed by atoms with Gasteiger partial charge in [-0.25, -0.2) is 4.68 Å². The number of benzene rings is 1. The molecule has 1 atom stereocenters. The second-order valence-corrected chi connectivity index (χ2v) is 4.77. The Bertz CT molecular complexity index is 684. The van der Waals surface area contributed by atoms with Gasteiger partial charge in [0.1, 0.15) is 0 Å². The molecule has 0 saturated carbocycles. The minimum atomic E-state index is -0.0541. The highest BCUT2D eigenvalue weighted by Crippen LogP contribution is 2.19. The summed E-state index contributed by atoms with van der Waals surface area (Å²) in [5, 5.41) is 4.38. The van der Waals surface area contributed by atoms with Crippen molar-refractivity contribution < 1.29 is 0 Å². The van der Waals surface area contributed by atoms with Crippen LogP contribution in [0.25, 0.3) is 16.8 Å². The van der Waals surface area contributed by atoms with Crippen molar-refractivity contribution in [2.75, 3.05) is 0 Å². The third-order valence-corrected chi connectivity index (χ3v) is 3.19. The first kappa shape index (κ1) is 12.6. The Morgan fingerprint density at radius 1 is 1.00 bits per heavy atom. The van der Waals surface area contributed by atoms with Crippen LogP contribution in [-0.2, 0) is 0 Å². The average molecular weight is 264 g/mol. The molecule has 4 nitrogen and oxygen atoms in total. The molecule has 2 heterocycles. The van der Waals surface area contributed by atoms with Gasteiger partial charge in [0.25, 0.3) is 0 Å². The fourth-order valence-corrected chi connectivity index (χ4v) is 2.05. The van der Waals surface area contributed by atoms with E-state index < -0.39 is 0 Å². The molecule has 2 aromatic heterocycles. The number of nitrogens with zero attached hydrogens (tertiary/aromatic N) is 3. The van der Waals surface area contributed by atoms with Crippen LogP contribution in [0.5, 0.6) is 0 Å². The smallest absolute Gasteiger partial charge is 0.0829 e. The van der Waals surface area contributed by atoms with Crippen LogP contribution in [0, 0.1) is 0 Å². The summed E-state index contributed by atoms with van der Waals surface area (Å²) in [7, 11) is 0. The molecule has 2 N–H and O–H groups in total. The lowest BCUT2D eigenvalue weighted by molar-refractivity contribution is 0.775. The molecule has 1 unspecified atom stereocenters. The van der Waals surface area contributed by atoms with Gasteiger partial charge in [0.2, 0.25) is 0 Å². The topological polar surface area (TPSA) is 56.7 Å². The van der Waals surface area contributed by atoms with E-state index in [1.54, 1.807) is 6.20 Å². The number of aromatic nitrogens is 3. The van der Waals surface area contributed by atoms with E-state index in [9.17, 15) is 0 Å². The summed E-state index contributed by atoms with van der Waals surface area (Å²) in [5.41, 5.74) is 9.84. The Labute approximate surface area is 117 Å². The molecule has 0 radical (unpaired) electrons. The van der Waals surface area contributed by atoms with Gasteiger partial charge < -0.3 is 5.73 Å². The van der Waals surface area contributed by atoms with Gasteiger partial charge in [0.15, 0.2) is 0 Å². The third kappa shape index (κ3) is 2.46. The van der Waals surface area contributed by atoms with Crippen molar-refractivity contribution in [3.8, 4) is 16.8 Å². The Hall–Kier alpha value is -2.46. The average Bonchev–Trinajstić information content (AvgIpc) is 2.98. The first-order valence-electron chi connectivity index (χ1n) is 6.56. The van der Waals surface area contributed by atoms with E-state index in [4.69, 9.17) is 5.73 Å². The van der Waals surface area contributed by atoms with Gasteiger partial charge in [-0.15, -0.1) is 0 Å². The van der Waals surface area contributed by atoms with Crippen molar-refractivity contribution in [2.24, 2.45) is 5.73 Å². The second-order valence-electron chi connectivity index (χ2n) is 4.77. The van der Waals surface area contributed by atoms with Crippen LogP contribution in [0.3, 0.4) is 0 Å². The van der Waals surface area contributed by atoms with Crippen molar-refractivity contribution >= 4 is 0 Å². The monoisotopic (exact) mass is 264 g/mol. The fraction of sp³-hybridized carbons (Fsp3) is 0.125. The highest BCUT2D eigenvalue weighted by Gasteiger charge is 2.05. The van der Waals surface area contributed by atoms with Crippen LogP contribution in [0.15, 0.2) is 61.1 Å². The maximum Gasteiger partial charge on any atom is 0.0829 e. The summed E-state index contributed by atoms with van der Waals surface area (Å²) in [6, 6.07) is 14.0. The standard InChI is InChI=1S/C16H16N4/c1-12(17)16-8-7-15(10-18-16)20-11-14(9-19-20)13-5-3-2-4-6-13/h2-12H,17H2,1H3. The largest absolute Gasteiger partial charge is 0.323 e. The Morgan fingerprint density at radius 2 is 1.80 bits per heavy atom. The van der Waals surface area contributed by atoms with Gasteiger partial charge in [-0.1, -0.05) is 30.3 Å². The van der Waals surface area contributed by atoms with Crippen LogP contribution < -0.4 is 5.73 Å². The number of hydrogen-bond donors (Lipinski definition) is 1. The molecule has 0 aliphatic rings. The van der Waals surface area contributed by atoms with Gasteiger partial charge in [-0.05, 0) is 24.6 Å². The zero-order valence-electron chi connectivity index (χ0n) is 11.3. The molecule has 0 aliphatic carbocycles. The predicted molar refractivity (Wildman–Crippen MR) is 79.4 cm³/mol. The molecule has 0 spiro atoms. The first-order chi connectivity index (χ1) is 9.74. The van der Waals surface area contributed by atoms with Gasteiger partial charge in [0.05, 0.1) is 23.8 Å². The maximum absolute atomic E-state index is 5.80. The van der Waals surface area contributed by atoms with E-state index in [0.29, 0.717) is 0 Å². The summed E-state index contributed by atoms with van der Waals surface area (Å²) in [6.45, 7) is 1.92. The third-order valence-electron chi connectivity index (χ3n) is 3.19. The van der Waals surface area contributed by atoms with Gasteiger partial charge in [-0.3, -0.25) is 4.98 Å². The zero-order chi connectivity index (χ0) is 13.9. The molecule has 20 heavy (non-hydrogen) atoms. The summed E-state index contributed by atoms with van der Waals surface area (Å²) in [4.78, 5) is 4.35. The lowest BCUT2D eigenvalue weighted by Crippen LogP contribution is -2.07. The molecule has 0 amide bonds. The molecule has 0 aliphatic heterocycles. The van der Waals surface area contributed by atoms with Crippen molar-refractivity contribution in [1.82, 2.24) is 14.8 Å². The van der Waals surface area contributed by atoms with E-state index in [-0.39, 0.29) is 6.04 Å². The summed E-state index contributed by atoms with van der Waals surface area (Å²) in [5.74, 6) is 0. The normalized spacial score (nSPS) is 12.3. The minimum Gasteiger partial charge on any atom is -0.323 e. The molecular formula is C16H16N4. The van der Waals surface area contributed by atoms with Gasteiger partial charge in [-0.2, -0.15) is 5.10 Å². The van der Waals surface area contributed by atoms with Crippen LogP contribution in [0.2, 0.25) is 0 Å². The van der Waals surface area contributed by atoms with E-state index >= 15 is 0 Å². The SMILES string of the molecule is CC(N)c1ccc(-n2cc(-c3ccccc3)cn2)cn1. The lowest BCUT2D eigenvalue weighted by Gasteiger charge is -2.05.